The fourth-order valence-corrected chi connectivity index (χ4v) is 2.90. The van der Waals surface area contributed by atoms with Crippen molar-refractivity contribution in [1.82, 2.24) is 19.7 Å². The molecule has 2 heterocycles. The zero-order valence-corrected chi connectivity index (χ0v) is 13.7. The highest BCUT2D eigenvalue weighted by Crippen LogP contribution is 2.24. The highest BCUT2D eigenvalue weighted by Gasteiger charge is 2.13. The van der Waals surface area contributed by atoms with Gasteiger partial charge in [-0.2, -0.15) is 5.26 Å². The predicted octanol–water partition coefficient (Wildman–Crippen LogP) is 3.21. The lowest BCUT2D eigenvalue weighted by Crippen LogP contribution is -2.07. The van der Waals surface area contributed by atoms with Crippen molar-refractivity contribution in [2.45, 2.75) is 18.3 Å². The van der Waals surface area contributed by atoms with E-state index in [0.717, 1.165) is 10.9 Å². The Balaban J connectivity index is 1.82. The largest absolute Gasteiger partial charge is 0.483 e. The average molecular weight is 337 g/mol. The molecule has 0 atom stereocenters. The molecule has 0 aliphatic heterocycles. The minimum Gasteiger partial charge on any atom is -0.483 e. The first-order chi connectivity index (χ1) is 11.8. The molecule has 2 aromatic heterocycles. The minimum absolute atomic E-state index is 0.268. The van der Waals surface area contributed by atoms with Gasteiger partial charge in [-0.3, -0.25) is 9.55 Å². The number of aromatic nitrogens is 4. The van der Waals surface area contributed by atoms with Gasteiger partial charge in [-0.05, 0) is 12.1 Å². The van der Waals surface area contributed by atoms with Crippen LogP contribution in [0.1, 0.15) is 5.82 Å². The molecule has 0 spiro atoms. The van der Waals surface area contributed by atoms with Crippen molar-refractivity contribution < 1.29 is 4.74 Å². The van der Waals surface area contributed by atoms with Crippen molar-refractivity contribution in [3.63, 3.8) is 0 Å². The number of rotatable bonds is 7. The van der Waals surface area contributed by atoms with Crippen LogP contribution >= 0.6 is 11.8 Å². The van der Waals surface area contributed by atoms with Gasteiger partial charge < -0.3 is 4.74 Å². The number of allylic oxidation sites excluding steroid dienone is 1. The van der Waals surface area contributed by atoms with E-state index in [2.05, 4.69) is 27.8 Å². The second-order valence-corrected chi connectivity index (χ2v) is 5.81. The zero-order valence-electron chi connectivity index (χ0n) is 12.9. The van der Waals surface area contributed by atoms with E-state index in [1.54, 1.807) is 12.3 Å². The Morgan fingerprint density at radius 2 is 2.17 bits per heavy atom. The quantitative estimate of drug-likeness (QED) is 0.487. The highest BCUT2D eigenvalue weighted by molar-refractivity contribution is 7.99. The summed E-state index contributed by atoms with van der Waals surface area (Å²) in [6, 6.07) is 11.8. The Labute approximate surface area is 143 Å². The van der Waals surface area contributed by atoms with Crippen molar-refractivity contribution in [3.05, 3.63) is 55.0 Å². The molecule has 0 bridgehead atoms. The summed E-state index contributed by atoms with van der Waals surface area (Å²) in [6.45, 7) is 4.59. The molecule has 0 aliphatic carbocycles. The third-order valence-corrected chi connectivity index (χ3v) is 4.16. The molecule has 0 fully saturated rings. The number of nitrogens with zero attached hydrogens (tertiary/aromatic N) is 5. The van der Waals surface area contributed by atoms with Crippen molar-refractivity contribution in [1.29, 1.82) is 5.26 Å². The van der Waals surface area contributed by atoms with E-state index in [4.69, 9.17) is 10.00 Å². The van der Waals surface area contributed by atoms with Gasteiger partial charge in [0.2, 0.25) is 0 Å². The lowest BCUT2D eigenvalue weighted by Gasteiger charge is -2.10. The average Bonchev–Trinajstić information content (AvgIpc) is 3.00. The second-order valence-electron chi connectivity index (χ2n) is 4.86. The zero-order chi connectivity index (χ0) is 16.8. The van der Waals surface area contributed by atoms with Crippen molar-refractivity contribution in [2.75, 3.05) is 5.75 Å². The summed E-state index contributed by atoms with van der Waals surface area (Å²) in [6.07, 6.45) is 3.51. The topological polar surface area (TPSA) is 76.6 Å². The Morgan fingerprint density at radius 1 is 1.29 bits per heavy atom. The molecule has 0 aliphatic rings. The summed E-state index contributed by atoms with van der Waals surface area (Å²) in [5.41, 5.74) is 0.814. The molecular formula is C17H15N5OS. The van der Waals surface area contributed by atoms with E-state index < -0.39 is 0 Å². The Kier molecular flexibility index (Phi) is 5.08. The van der Waals surface area contributed by atoms with Gasteiger partial charge in [-0.15, -0.1) is 16.8 Å². The summed E-state index contributed by atoms with van der Waals surface area (Å²) in [7, 11) is 0. The molecule has 1 aromatic carbocycles. The van der Waals surface area contributed by atoms with Gasteiger partial charge in [0.15, 0.2) is 11.0 Å². The summed E-state index contributed by atoms with van der Waals surface area (Å²) in [5.74, 6) is 1.71. The van der Waals surface area contributed by atoms with E-state index in [-0.39, 0.29) is 6.61 Å². The lowest BCUT2D eigenvalue weighted by atomic mass is 10.2. The number of ether oxygens (including phenoxy) is 1. The molecule has 0 saturated carbocycles. The van der Waals surface area contributed by atoms with Gasteiger partial charge in [0, 0.05) is 18.1 Å². The van der Waals surface area contributed by atoms with Gasteiger partial charge in [0.1, 0.15) is 17.9 Å². The summed E-state index contributed by atoms with van der Waals surface area (Å²) < 4.78 is 7.81. The number of para-hydroxylation sites is 1. The summed E-state index contributed by atoms with van der Waals surface area (Å²) in [4.78, 5) is 4.37. The monoisotopic (exact) mass is 337 g/mol. The number of hydrogen-bond acceptors (Lipinski definition) is 6. The van der Waals surface area contributed by atoms with Gasteiger partial charge in [-0.25, -0.2) is 0 Å². The number of nitriles is 1. The molecule has 6 nitrogen and oxygen atoms in total. The first-order valence-corrected chi connectivity index (χ1v) is 8.31. The maximum absolute atomic E-state index is 8.73. The van der Waals surface area contributed by atoms with Gasteiger partial charge in [0.25, 0.3) is 0 Å². The van der Waals surface area contributed by atoms with Crippen LogP contribution in [0.5, 0.6) is 5.75 Å². The third kappa shape index (κ3) is 3.39. The predicted molar refractivity (Wildman–Crippen MR) is 92.6 cm³/mol. The smallest absolute Gasteiger partial charge is 0.192 e. The molecule has 3 rings (SSSR count). The Morgan fingerprint density at radius 3 is 3.00 bits per heavy atom. The first kappa shape index (κ1) is 16.0. The van der Waals surface area contributed by atoms with Gasteiger partial charge >= 0.3 is 0 Å². The number of thioether (sulfide) groups is 1. The number of pyridine rings is 1. The van der Waals surface area contributed by atoms with E-state index in [0.29, 0.717) is 29.0 Å². The number of fused-ring (bicyclic) bond motifs is 1. The van der Waals surface area contributed by atoms with Crippen LogP contribution in [0.4, 0.5) is 0 Å². The molecular weight excluding hydrogens is 322 g/mol. The molecule has 0 N–H and O–H groups in total. The van der Waals surface area contributed by atoms with E-state index in [1.165, 1.54) is 11.8 Å². The van der Waals surface area contributed by atoms with Gasteiger partial charge in [-0.1, -0.05) is 36.0 Å². The van der Waals surface area contributed by atoms with Crippen LogP contribution in [0.15, 0.2) is 54.3 Å². The SMILES string of the molecule is C=CCn1c(COc2cccc3cccnc23)nnc1SCC#N. The van der Waals surface area contributed by atoms with E-state index >= 15 is 0 Å². The number of benzene rings is 1. The molecule has 0 unspecified atom stereocenters. The van der Waals surface area contributed by atoms with E-state index in [9.17, 15) is 0 Å². The maximum atomic E-state index is 8.73. The van der Waals surface area contributed by atoms with Crippen LogP contribution in [0.2, 0.25) is 0 Å². The van der Waals surface area contributed by atoms with Crippen molar-refractivity contribution in [3.8, 4) is 11.8 Å². The van der Waals surface area contributed by atoms with E-state index in [1.807, 2.05) is 34.9 Å². The standard InChI is InChI=1S/C17H15N5OS/c1-2-10-22-15(20-21-17(22)24-11-8-18)12-23-14-7-3-5-13-6-4-9-19-16(13)14/h2-7,9H,1,10-12H2. The first-order valence-electron chi connectivity index (χ1n) is 7.32. The molecule has 120 valence electrons. The number of hydrogen-bond donors (Lipinski definition) is 0. The Hall–Kier alpha value is -2.85. The fourth-order valence-electron chi connectivity index (χ4n) is 2.28. The van der Waals surface area contributed by atoms with Crippen LogP contribution < -0.4 is 4.74 Å². The maximum Gasteiger partial charge on any atom is 0.192 e. The molecule has 7 heteroatoms. The molecule has 0 saturated heterocycles. The normalized spacial score (nSPS) is 10.5. The van der Waals surface area contributed by atoms with Crippen LogP contribution in [0.3, 0.4) is 0 Å². The van der Waals surface area contributed by atoms with Gasteiger partial charge in [0.05, 0.1) is 11.8 Å². The highest BCUT2D eigenvalue weighted by atomic mass is 32.2. The van der Waals surface area contributed by atoms with Crippen molar-refractivity contribution in [2.24, 2.45) is 0 Å². The van der Waals surface area contributed by atoms with Crippen LogP contribution in [-0.4, -0.2) is 25.5 Å². The Bertz CT molecular complexity index is 894. The van der Waals surface area contributed by atoms with Crippen LogP contribution in [-0.2, 0) is 13.2 Å². The molecule has 24 heavy (non-hydrogen) atoms. The van der Waals surface area contributed by atoms with Crippen LogP contribution in [0, 0.1) is 11.3 Å². The second kappa shape index (κ2) is 7.62. The summed E-state index contributed by atoms with van der Waals surface area (Å²) >= 11 is 1.34. The minimum atomic E-state index is 0.268. The molecule has 0 radical (unpaired) electrons. The lowest BCUT2D eigenvalue weighted by molar-refractivity contribution is 0.292. The van der Waals surface area contributed by atoms with Crippen molar-refractivity contribution >= 4 is 22.7 Å². The summed E-state index contributed by atoms with van der Waals surface area (Å²) in [5, 5.41) is 18.7. The third-order valence-electron chi connectivity index (χ3n) is 3.32. The van der Waals surface area contributed by atoms with Crippen LogP contribution in [0.25, 0.3) is 10.9 Å². The molecule has 0 amide bonds. The molecule has 3 aromatic rings. The fraction of sp³-hybridized carbons (Fsp3) is 0.176.